The lowest BCUT2D eigenvalue weighted by Gasteiger charge is -2.16. The molecule has 2 rings (SSSR count). The first-order chi connectivity index (χ1) is 9.65. The van der Waals surface area contributed by atoms with Gasteiger partial charge in [-0.05, 0) is 46.0 Å². The van der Waals surface area contributed by atoms with Crippen LogP contribution >= 0.6 is 15.9 Å². The Balaban J connectivity index is 2.35. The molecule has 0 amide bonds. The van der Waals surface area contributed by atoms with Crippen molar-refractivity contribution in [2.75, 3.05) is 0 Å². The molecule has 0 saturated carbocycles. The Bertz CT molecular complexity index is 586. The molecule has 1 atom stereocenters. The average Bonchev–Trinajstić information content (AvgIpc) is 2.48. The van der Waals surface area contributed by atoms with Crippen LogP contribution in [0, 0.1) is 0 Å². The van der Waals surface area contributed by atoms with E-state index in [0.29, 0.717) is 17.4 Å². The monoisotopic (exact) mass is 335 g/mol. The molecular weight excluding hydrogens is 318 g/mol. The number of rotatable bonds is 5. The molecule has 1 N–H and O–H groups in total. The van der Waals surface area contributed by atoms with Gasteiger partial charge in [0.05, 0.1) is 6.61 Å². The average molecular weight is 336 g/mol. The fraction of sp³-hybridized carbons (Fsp3) is 0.312. The van der Waals surface area contributed by atoms with Crippen molar-refractivity contribution in [2.45, 2.75) is 32.8 Å². The summed E-state index contributed by atoms with van der Waals surface area (Å²) in [6, 6.07) is 9.77. The molecule has 3 nitrogen and oxygen atoms in total. The molecule has 1 aromatic heterocycles. The molecule has 0 bridgehead atoms. The number of pyridine rings is 1. The van der Waals surface area contributed by atoms with E-state index < -0.39 is 0 Å². The number of hydrogen-bond donors (Lipinski definition) is 1. The number of halogens is 1. The molecule has 1 unspecified atom stereocenters. The Morgan fingerprint density at radius 2 is 2.10 bits per heavy atom. The third-order valence-electron chi connectivity index (χ3n) is 3.33. The lowest BCUT2D eigenvalue weighted by molar-refractivity contribution is 0.274. The van der Waals surface area contributed by atoms with Crippen molar-refractivity contribution < 1.29 is 9.84 Å². The number of benzene rings is 1. The van der Waals surface area contributed by atoms with Gasteiger partial charge in [0.25, 0.3) is 0 Å². The summed E-state index contributed by atoms with van der Waals surface area (Å²) in [5.74, 6) is 1.66. The summed E-state index contributed by atoms with van der Waals surface area (Å²) in [6.07, 6.45) is 2.71. The van der Waals surface area contributed by atoms with Crippen molar-refractivity contribution in [1.82, 2.24) is 4.98 Å². The molecule has 1 aromatic carbocycles. The van der Waals surface area contributed by atoms with Crippen LogP contribution in [0.2, 0.25) is 0 Å². The molecule has 106 valence electrons. The van der Waals surface area contributed by atoms with Gasteiger partial charge in [-0.2, -0.15) is 0 Å². The molecule has 2 aromatic rings. The number of aliphatic hydroxyl groups is 1. The second kappa shape index (κ2) is 6.86. The summed E-state index contributed by atoms with van der Waals surface area (Å²) in [7, 11) is 0. The molecule has 4 heteroatoms. The number of aliphatic hydroxyl groups excluding tert-OH is 1. The molecule has 0 aliphatic carbocycles. The fourth-order valence-corrected chi connectivity index (χ4v) is 2.36. The minimum atomic E-state index is -0.104. The van der Waals surface area contributed by atoms with Gasteiger partial charge in [-0.25, -0.2) is 4.98 Å². The van der Waals surface area contributed by atoms with Crippen LogP contribution in [0.3, 0.4) is 0 Å². The van der Waals surface area contributed by atoms with Gasteiger partial charge in [-0.1, -0.05) is 32.0 Å². The Hall–Kier alpha value is -1.39. The van der Waals surface area contributed by atoms with Crippen molar-refractivity contribution in [3.63, 3.8) is 0 Å². The lowest BCUT2D eigenvalue weighted by Crippen LogP contribution is -1.99. The maximum absolute atomic E-state index is 9.40. The van der Waals surface area contributed by atoms with Gasteiger partial charge in [0.2, 0.25) is 5.88 Å². The van der Waals surface area contributed by atoms with Crippen molar-refractivity contribution in [1.29, 1.82) is 0 Å². The Morgan fingerprint density at radius 3 is 2.80 bits per heavy atom. The van der Waals surface area contributed by atoms with Crippen molar-refractivity contribution >= 4 is 15.9 Å². The van der Waals surface area contributed by atoms with Crippen LogP contribution in [0.25, 0.3) is 0 Å². The molecule has 0 fully saturated rings. The van der Waals surface area contributed by atoms with Gasteiger partial charge < -0.3 is 9.84 Å². The summed E-state index contributed by atoms with van der Waals surface area (Å²) >= 11 is 3.34. The molecule has 0 aliphatic rings. The smallest absolute Gasteiger partial charge is 0.224 e. The third kappa shape index (κ3) is 3.38. The SMILES string of the molecule is CCC(C)c1ccccc1Oc1ncc(Br)cc1CO. The summed E-state index contributed by atoms with van der Waals surface area (Å²) in [5.41, 5.74) is 1.82. The molecule has 0 aliphatic heterocycles. The molecule has 0 spiro atoms. The maximum Gasteiger partial charge on any atom is 0.224 e. The van der Waals surface area contributed by atoms with E-state index in [-0.39, 0.29) is 6.61 Å². The largest absolute Gasteiger partial charge is 0.438 e. The van der Waals surface area contributed by atoms with Crippen LogP contribution in [-0.2, 0) is 6.61 Å². The van der Waals surface area contributed by atoms with Crippen LogP contribution in [0.4, 0.5) is 0 Å². The summed E-state index contributed by atoms with van der Waals surface area (Å²) < 4.78 is 6.74. The highest BCUT2D eigenvalue weighted by molar-refractivity contribution is 9.10. The van der Waals surface area contributed by atoms with Crippen LogP contribution in [0.5, 0.6) is 11.6 Å². The number of para-hydroxylation sites is 1. The van der Waals surface area contributed by atoms with Gasteiger partial charge in [0.1, 0.15) is 5.75 Å². The summed E-state index contributed by atoms with van der Waals surface area (Å²) in [4.78, 5) is 4.24. The normalized spacial score (nSPS) is 12.2. The van der Waals surface area contributed by atoms with Crippen LogP contribution in [0.1, 0.15) is 37.3 Å². The van der Waals surface area contributed by atoms with Crippen molar-refractivity contribution in [3.8, 4) is 11.6 Å². The van der Waals surface area contributed by atoms with Crippen LogP contribution in [-0.4, -0.2) is 10.1 Å². The standard InChI is InChI=1S/C16H18BrNO2/c1-3-11(2)14-6-4-5-7-15(14)20-16-12(10-19)8-13(17)9-18-16/h4-9,11,19H,3,10H2,1-2H3. The van der Waals surface area contributed by atoms with E-state index in [4.69, 9.17) is 4.74 Å². The van der Waals surface area contributed by atoms with E-state index in [1.165, 1.54) is 0 Å². The van der Waals surface area contributed by atoms with E-state index in [9.17, 15) is 5.11 Å². The minimum Gasteiger partial charge on any atom is -0.438 e. The third-order valence-corrected chi connectivity index (χ3v) is 3.76. The highest BCUT2D eigenvalue weighted by atomic mass is 79.9. The van der Waals surface area contributed by atoms with Gasteiger partial charge in [0, 0.05) is 16.2 Å². The number of nitrogens with zero attached hydrogens (tertiary/aromatic N) is 1. The Labute approximate surface area is 127 Å². The molecule has 20 heavy (non-hydrogen) atoms. The maximum atomic E-state index is 9.40. The van der Waals surface area contributed by atoms with Gasteiger partial charge in [0.15, 0.2) is 0 Å². The van der Waals surface area contributed by atoms with E-state index >= 15 is 0 Å². The zero-order valence-corrected chi connectivity index (χ0v) is 13.2. The quantitative estimate of drug-likeness (QED) is 0.865. The van der Waals surface area contributed by atoms with Crippen molar-refractivity contribution in [3.05, 3.63) is 52.1 Å². The minimum absolute atomic E-state index is 0.104. The van der Waals surface area contributed by atoms with Crippen LogP contribution in [0.15, 0.2) is 41.0 Å². The fourth-order valence-electron chi connectivity index (χ4n) is 1.98. The van der Waals surface area contributed by atoms with E-state index in [2.05, 4.69) is 40.8 Å². The Kier molecular flexibility index (Phi) is 5.15. The summed E-state index contributed by atoms with van der Waals surface area (Å²) in [6.45, 7) is 4.22. The number of hydrogen-bond acceptors (Lipinski definition) is 3. The highest BCUT2D eigenvalue weighted by Crippen LogP contribution is 2.33. The molecule has 1 heterocycles. The second-order valence-corrected chi connectivity index (χ2v) is 5.64. The topological polar surface area (TPSA) is 42.4 Å². The van der Waals surface area contributed by atoms with E-state index in [1.54, 1.807) is 6.20 Å². The predicted molar refractivity (Wildman–Crippen MR) is 83.1 cm³/mol. The predicted octanol–water partition coefficient (Wildman–Crippen LogP) is 4.64. The zero-order chi connectivity index (χ0) is 14.5. The van der Waals surface area contributed by atoms with Gasteiger partial charge >= 0.3 is 0 Å². The second-order valence-electron chi connectivity index (χ2n) is 4.73. The highest BCUT2D eigenvalue weighted by Gasteiger charge is 2.13. The van der Waals surface area contributed by atoms with Gasteiger partial charge in [-0.3, -0.25) is 0 Å². The first kappa shape index (κ1) is 15.0. The Morgan fingerprint density at radius 1 is 1.35 bits per heavy atom. The number of ether oxygens (including phenoxy) is 1. The lowest BCUT2D eigenvalue weighted by atomic mass is 9.98. The van der Waals surface area contributed by atoms with Gasteiger partial charge in [-0.15, -0.1) is 0 Å². The zero-order valence-electron chi connectivity index (χ0n) is 11.6. The first-order valence-electron chi connectivity index (χ1n) is 6.67. The van der Waals surface area contributed by atoms with E-state index in [1.807, 2.05) is 24.3 Å². The molecule has 0 saturated heterocycles. The van der Waals surface area contributed by atoms with Crippen LogP contribution < -0.4 is 4.74 Å². The number of aromatic nitrogens is 1. The van der Waals surface area contributed by atoms with Crippen molar-refractivity contribution in [2.24, 2.45) is 0 Å². The first-order valence-corrected chi connectivity index (χ1v) is 7.47. The summed E-state index contributed by atoms with van der Waals surface area (Å²) in [5, 5.41) is 9.40. The molecular formula is C16H18BrNO2. The van der Waals surface area contributed by atoms with E-state index in [0.717, 1.165) is 22.2 Å². The molecule has 0 radical (unpaired) electrons.